The third-order valence-electron chi connectivity index (χ3n) is 6.71. The number of piperidine rings is 1. The first-order chi connectivity index (χ1) is 17.0. The zero-order valence-electron chi connectivity index (χ0n) is 21.3. The van der Waals surface area contributed by atoms with Gasteiger partial charge in [-0.15, -0.1) is 0 Å². The van der Waals surface area contributed by atoms with Crippen LogP contribution >= 0.6 is 0 Å². The van der Waals surface area contributed by atoms with Crippen molar-refractivity contribution in [2.45, 2.75) is 39.7 Å². The first-order valence-corrected chi connectivity index (χ1v) is 12.6. The highest BCUT2D eigenvalue weighted by molar-refractivity contribution is 6.18. The van der Waals surface area contributed by atoms with Crippen molar-refractivity contribution in [3.05, 3.63) is 71.8 Å². The summed E-state index contributed by atoms with van der Waals surface area (Å²) in [5, 5.41) is 4.28. The number of nitrogens with zero attached hydrogens (tertiary/aromatic N) is 3. The molecule has 6 nitrogen and oxygen atoms in total. The number of carbonyl (C=O) groups excluding carboxylic acids is 1. The molecule has 2 aromatic rings. The average Bonchev–Trinajstić information content (AvgIpc) is 2.85. The second kappa shape index (κ2) is 11.5. The Balaban J connectivity index is 1.39. The summed E-state index contributed by atoms with van der Waals surface area (Å²) in [7, 11) is 1.64. The molecule has 3 unspecified atom stereocenters. The zero-order chi connectivity index (χ0) is 24.8. The van der Waals surface area contributed by atoms with Gasteiger partial charge in [0, 0.05) is 30.9 Å². The molecule has 35 heavy (non-hydrogen) atoms. The predicted octanol–water partition coefficient (Wildman–Crippen LogP) is 5.47. The van der Waals surface area contributed by atoms with Gasteiger partial charge in [-0.25, -0.2) is 0 Å². The molecular formula is C29H37N3O3. The fourth-order valence-electron chi connectivity index (χ4n) is 5.29. The van der Waals surface area contributed by atoms with Crippen LogP contribution in [0.15, 0.2) is 71.4 Å². The quantitative estimate of drug-likeness (QED) is 0.159. The van der Waals surface area contributed by atoms with Gasteiger partial charge in [0.15, 0.2) is 0 Å². The van der Waals surface area contributed by atoms with Crippen LogP contribution in [0.25, 0.3) is 0 Å². The van der Waals surface area contributed by atoms with Crippen LogP contribution in [-0.4, -0.2) is 49.9 Å². The number of carbonyl (C=O) groups is 1. The standard InChI is InChI=1S/C29H37N3O3/c1-21-17-22(2)20-31(19-21)15-8-16-35-30-23(3)18-27-28(24-9-6-5-7-10-24)32(29(27)33)25-11-13-26(34-4)14-12-25/h5-7,9-14,18,21-22,28H,8,15-17,19-20H2,1-4H3. The molecule has 0 aromatic heterocycles. The lowest BCUT2D eigenvalue weighted by atomic mass is 9.86. The summed E-state index contributed by atoms with van der Waals surface area (Å²) in [5.41, 5.74) is 3.32. The van der Waals surface area contributed by atoms with Crippen molar-refractivity contribution in [1.29, 1.82) is 0 Å². The van der Waals surface area contributed by atoms with Crippen molar-refractivity contribution < 1.29 is 14.4 Å². The molecule has 2 saturated heterocycles. The van der Waals surface area contributed by atoms with Gasteiger partial charge < -0.3 is 14.5 Å². The van der Waals surface area contributed by atoms with Crippen molar-refractivity contribution in [2.24, 2.45) is 17.0 Å². The fourth-order valence-corrected chi connectivity index (χ4v) is 5.29. The molecule has 3 atom stereocenters. The minimum absolute atomic E-state index is 0.0214. The Morgan fingerprint density at radius 2 is 1.74 bits per heavy atom. The highest BCUT2D eigenvalue weighted by Crippen LogP contribution is 2.43. The molecule has 0 N–H and O–H groups in total. The van der Waals surface area contributed by atoms with E-state index in [1.54, 1.807) is 7.11 Å². The molecular weight excluding hydrogens is 438 g/mol. The zero-order valence-corrected chi connectivity index (χ0v) is 21.3. The van der Waals surface area contributed by atoms with E-state index in [2.05, 4.69) is 23.9 Å². The minimum Gasteiger partial charge on any atom is -0.497 e. The Morgan fingerprint density at radius 1 is 1.06 bits per heavy atom. The van der Waals surface area contributed by atoms with Crippen LogP contribution in [0.2, 0.25) is 0 Å². The molecule has 4 rings (SSSR count). The Kier molecular flexibility index (Phi) is 8.24. The molecule has 2 aromatic carbocycles. The van der Waals surface area contributed by atoms with Crippen LogP contribution in [0.4, 0.5) is 5.69 Å². The number of hydrogen-bond donors (Lipinski definition) is 0. The lowest BCUT2D eigenvalue weighted by molar-refractivity contribution is -0.119. The molecule has 0 saturated carbocycles. The number of methoxy groups -OCH3 is 1. The first kappa shape index (κ1) is 25.0. The van der Waals surface area contributed by atoms with Gasteiger partial charge in [0.05, 0.1) is 18.9 Å². The van der Waals surface area contributed by atoms with Gasteiger partial charge in [-0.2, -0.15) is 0 Å². The molecule has 6 heteroatoms. The number of rotatable bonds is 9. The Labute approximate surface area is 209 Å². The number of likely N-dealkylation sites (tertiary alicyclic amines) is 1. The molecule has 0 spiro atoms. The van der Waals surface area contributed by atoms with Crippen molar-refractivity contribution >= 4 is 17.3 Å². The molecule has 0 bridgehead atoms. The number of allylic oxidation sites excluding steroid dienone is 1. The summed E-state index contributed by atoms with van der Waals surface area (Å²) in [5.74, 6) is 2.27. The maximum Gasteiger partial charge on any atom is 0.257 e. The number of amides is 1. The summed E-state index contributed by atoms with van der Waals surface area (Å²) in [6, 6.07) is 17.5. The number of β-lactam (4-membered cyclic amide) rings is 1. The van der Waals surface area contributed by atoms with Gasteiger partial charge in [0.1, 0.15) is 12.4 Å². The SMILES string of the molecule is COc1ccc(N2C(=O)C(=CC(C)=NOCCCN3CC(C)CC(C)C3)C2c2ccccc2)cc1. The normalized spacial score (nSPS) is 24.4. The summed E-state index contributed by atoms with van der Waals surface area (Å²) < 4.78 is 5.26. The Bertz CT molecular complexity index is 1040. The van der Waals surface area contributed by atoms with Gasteiger partial charge in [0.25, 0.3) is 5.91 Å². The van der Waals surface area contributed by atoms with Crippen LogP contribution in [-0.2, 0) is 9.63 Å². The van der Waals surface area contributed by atoms with Crippen LogP contribution in [0, 0.1) is 11.8 Å². The van der Waals surface area contributed by atoms with E-state index in [0.29, 0.717) is 17.9 Å². The molecule has 2 aliphatic heterocycles. The highest BCUT2D eigenvalue weighted by Gasteiger charge is 2.43. The number of ether oxygens (including phenoxy) is 1. The monoisotopic (exact) mass is 475 g/mol. The summed E-state index contributed by atoms with van der Waals surface area (Å²) in [6.07, 6.45) is 4.13. The van der Waals surface area contributed by atoms with E-state index in [1.807, 2.05) is 72.5 Å². The Hall–Kier alpha value is -3.12. The summed E-state index contributed by atoms with van der Waals surface area (Å²) >= 11 is 0. The van der Waals surface area contributed by atoms with Gasteiger partial charge in [-0.3, -0.25) is 9.69 Å². The van der Waals surface area contributed by atoms with Crippen LogP contribution in [0.3, 0.4) is 0 Å². The lowest BCUT2D eigenvalue weighted by Crippen LogP contribution is -2.49. The van der Waals surface area contributed by atoms with E-state index in [-0.39, 0.29) is 11.9 Å². The van der Waals surface area contributed by atoms with E-state index in [0.717, 1.165) is 41.8 Å². The number of anilines is 1. The third-order valence-corrected chi connectivity index (χ3v) is 6.71. The van der Waals surface area contributed by atoms with Gasteiger partial charge in [-0.05, 0) is 67.5 Å². The van der Waals surface area contributed by atoms with Crippen molar-refractivity contribution in [3.63, 3.8) is 0 Å². The average molecular weight is 476 g/mol. The topological polar surface area (TPSA) is 54.4 Å². The summed E-state index contributed by atoms with van der Waals surface area (Å²) in [4.78, 5) is 23.1. The number of benzene rings is 2. The van der Waals surface area contributed by atoms with Gasteiger partial charge >= 0.3 is 0 Å². The van der Waals surface area contributed by atoms with E-state index >= 15 is 0 Å². The largest absolute Gasteiger partial charge is 0.497 e. The highest BCUT2D eigenvalue weighted by atomic mass is 16.6. The van der Waals surface area contributed by atoms with E-state index < -0.39 is 0 Å². The van der Waals surface area contributed by atoms with Crippen molar-refractivity contribution in [1.82, 2.24) is 4.90 Å². The molecule has 2 heterocycles. The molecule has 186 valence electrons. The van der Waals surface area contributed by atoms with Crippen LogP contribution in [0.1, 0.15) is 45.2 Å². The minimum atomic E-state index is -0.162. The molecule has 0 aliphatic carbocycles. The second-order valence-corrected chi connectivity index (χ2v) is 9.91. The van der Waals surface area contributed by atoms with E-state index in [1.165, 1.54) is 19.5 Å². The van der Waals surface area contributed by atoms with E-state index in [9.17, 15) is 4.79 Å². The predicted molar refractivity (Wildman–Crippen MR) is 141 cm³/mol. The molecule has 0 radical (unpaired) electrons. The maximum atomic E-state index is 13.2. The number of hydrogen-bond acceptors (Lipinski definition) is 5. The van der Waals surface area contributed by atoms with Crippen LogP contribution in [0.5, 0.6) is 5.75 Å². The summed E-state index contributed by atoms with van der Waals surface area (Å²) in [6.45, 7) is 10.5. The Morgan fingerprint density at radius 3 is 2.40 bits per heavy atom. The second-order valence-electron chi connectivity index (χ2n) is 9.91. The van der Waals surface area contributed by atoms with Gasteiger partial charge in [-0.1, -0.05) is 49.3 Å². The fraction of sp³-hybridized carbons (Fsp3) is 0.448. The third kappa shape index (κ3) is 6.12. The lowest BCUT2D eigenvalue weighted by Gasteiger charge is -2.43. The number of oxime groups is 1. The van der Waals surface area contributed by atoms with Crippen molar-refractivity contribution in [2.75, 3.05) is 38.3 Å². The van der Waals surface area contributed by atoms with Crippen LogP contribution < -0.4 is 9.64 Å². The molecule has 2 aliphatic rings. The molecule has 1 amide bonds. The van der Waals surface area contributed by atoms with Crippen molar-refractivity contribution in [3.8, 4) is 5.75 Å². The van der Waals surface area contributed by atoms with E-state index in [4.69, 9.17) is 9.57 Å². The maximum absolute atomic E-state index is 13.2. The smallest absolute Gasteiger partial charge is 0.257 e. The van der Waals surface area contributed by atoms with Gasteiger partial charge in [0.2, 0.25) is 0 Å². The first-order valence-electron chi connectivity index (χ1n) is 12.6. The molecule has 2 fully saturated rings.